The molecule has 0 spiro atoms. The van der Waals surface area contributed by atoms with Crippen LogP contribution in [0.1, 0.15) is 11.1 Å². The molecule has 3 N–H and O–H groups in total. The molecule has 0 fully saturated rings. The Kier molecular flexibility index (Phi) is 4.74. The van der Waals surface area contributed by atoms with E-state index in [1.54, 1.807) is 0 Å². The Morgan fingerprint density at radius 1 is 1.29 bits per heavy atom. The summed E-state index contributed by atoms with van der Waals surface area (Å²) in [6.07, 6.45) is 0. The smallest absolute Gasteiger partial charge is 0.173 e. The van der Waals surface area contributed by atoms with E-state index in [1.165, 1.54) is 36.4 Å². The van der Waals surface area contributed by atoms with Crippen LogP contribution in [0.4, 0.5) is 8.78 Å². The monoisotopic (exact) mass is 356 g/mol. The summed E-state index contributed by atoms with van der Waals surface area (Å²) >= 11 is 3.20. The van der Waals surface area contributed by atoms with Gasteiger partial charge in [0.25, 0.3) is 0 Å². The van der Waals surface area contributed by atoms with E-state index in [-0.39, 0.29) is 29.3 Å². The predicted molar refractivity (Wildman–Crippen MR) is 77.3 cm³/mol. The molecule has 2 aromatic carbocycles. The molecular formula is C14H11BrF2N2O2. The SMILES string of the molecule is N/C(=N/O)c1cccc(COc2cc(Br)ccc2F)c1F. The van der Waals surface area contributed by atoms with Crippen molar-refractivity contribution in [1.82, 2.24) is 0 Å². The highest BCUT2D eigenvalue weighted by Gasteiger charge is 2.13. The van der Waals surface area contributed by atoms with Crippen molar-refractivity contribution in [1.29, 1.82) is 0 Å². The highest BCUT2D eigenvalue weighted by Crippen LogP contribution is 2.24. The largest absolute Gasteiger partial charge is 0.486 e. The minimum Gasteiger partial charge on any atom is -0.486 e. The van der Waals surface area contributed by atoms with Crippen LogP contribution in [0.2, 0.25) is 0 Å². The second-order valence-electron chi connectivity index (χ2n) is 4.13. The van der Waals surface area contributed by atoms with Crippen LogP contribution < -0.4 is 10.5 Å². The van der Waals surface area contributed by atoms with E-state index in [9.17, 15) is 8.78 Å². The predicted octanol–water partition coefficient (Wildman–Crippen LogP) is 3.40. The van der Waals surface area contributed by atoms with Crippen LogP contribution in [0.15, 0.2) is 46.0 Å². The molecule has 4 nitrogen and oxygen atoms in total. The van der Waals surface area contributed by atoms with Crippen molar-refractivity contribution >= 4 is 21.8 Å². The number of hydrogen-bond acceptors (Lipinski definition) is 3. The van der Waals surface area contributed by atoms with Gasteiger partial charge in [-0.25, -0.2) is 8.78 Å². The van der Waals surface area contributed by atoms with Crippen LogP contribution in [-0.2, 0) is 6.61 Å². The van der Waals surface area contributed by atoms with Gasteiger partial charge in [0.05, 0.1) is 5.56 Å². The summed E-state index contributed by atoms with van der Waals surface area (Å²) in [6.45, 7) is -0.189. The first-order valence-corrected chi connectivity index (χ1v) is 6.65. The molecule has 0 aliphatic rings. The maximum absolute atomic E-state index is 14.1. The molecule has 0 aromatic heterocycles. The fraction of sp³-hybridized carbons (Fsp3) is 0.0714. The Morgan fingerprint density at radius 3 is 2.76 bits per heavy atom. The second-order valence-corrected chi connectivity index (χ2v) is 5.04. The highest BCUT2D eigenvalue weighted by atomic mass is 79.9. The minimum atomic E-state index is -0.678. The number of benzene rings is 2. The van der Waals surface area contributed by atoms with Gasteiger partial charge >= 0.3 is 0 Å². The van der Waals surface area contributed by atoms with E-state index in [0.717, 1.165) is 0 Å². The Morgan fingerprint density at radius 2 is 2.05 bits per heavy atom. The van der Waals surface area contributed by atoms with E-state index in [1.807, 2.05) is 0 Å². The van der Waals surface area contributed by atoms with Gasteiger partial charge in [-0.05, 0) is 24.3 Å². The first kappa shape index (κ1) is 15.2. The number of halogens is 3. The van der Waals surface area contributed by atoms with Crippen LogP contribution in [-0.4, -0.2) is 11.0 Å². The first-order valence-electron chi connectivity index (χ1n) is 5.86. The molecule has 0 unspecified atom stereocenters. The topological polar surface area (TPSA) is 67.8 Å². The molecule has 2 rings (SSSR count). The third kappa shape index (κ3) is 3.49. The number of hydrogen-bond donors (Lipinski definition) is 2. The molecule has 0 aliphatic carbocycles. The van der Waals surface area contributed by atoms with Crippen molar-refractivity contribution in [3.8, 4) is 5.75 Å². The normalized spacial score (nSPS) is 11.5. The van der Waals surface area contributed by atoms with Gasteiger partial charge in [-0.3, -0.25) is 0 Å². The first-order chi connectivity index (χ1) is 10.0. The second kappa shape index (κ2) is 6.53. The van der Waals surface area contributed by atoms with Crippen molar-refractivity contribution in [2.75, 3.05) is 0 Å². The molecule has 0 radical (unpaired) electrons. The van der Waals surface area contributed by atoms with Gasteiger partial charge in [0, 0.05) is 10.0 Å². The van der Waals surface area contributed by atoms with Crippen molar-refractivity contribution in [2.24, 2.45) is 10.9 Å². The molecule has 0 saturated heterocycles. The zero-order valence-corrected chi connectivity index (χ0v) is 12.3. The summed E-state index contributed by atoms with van der Waals surface area (Å²) in [5.74, 6) is -1.57. The van der Waals surface area contributed by atoms with E-state index in [2.05, 4.69) is 21.1 Å². The lowest BCUT2D eigenvalue weighted by atomic mass is 10.1. The lowest BCUT2D eigenvalue weighted by molar-refractivity contribution is 0.284. The highest BCUT2D eigenvalue weighted by molar-refractivity contribution is 9.10. The summed E-state index contributed by atoms with van der Waals surface area (Å²) in [6, 6.07) is 8.59. The number of nitrogens with two attached hydrogens (primary N) is 1. The molecule has 0 bridgehead atoms. The number of rotatable bonds is 4. The molecule has 0 saturated carbocycles. The third-order valence-corrected chi connectivity index (χ3v) is 3.23. The third-order valence-electron chi connectivity index (χ3n) is 2.74. The van der Waals surface area contributed by atoms with Crippen LogP contribution >= 0.6 is 15.9 Å². The van der Waals surface area contributed by atoms with E-state index < -0.39 is 11.6 Å². The van der Waals surface area contributed by atoms with Gasteiger partial charge in [-0.1, -0.05) is 33.2 Å². The standard InChI is InChI=1S/C14H11BrF2N2O2/c15-9-4-5-11(16)12(6-9)21-7-8-2-1-3-10(13(8)17)14(18)19-20/h1-6,20H,7H2,(H2,18,19). The van der Waals surface area contributed by atoms with Crippen molar-refractivity contribution in [2.45, 2.75) is 6.61 Å². The number of nitrogens with zero attached hydrogens (tertiary/aromatic N) is 1. The molecule has 110 valence electrons. The van der Waals surface area contributed by atoms with Crippen LogP contribution in [0.25, 0.3) is 0 Å². The van der Waals surface area contributed by atoms with Crippen LogP contribution in [0, 0.1) is 11.6 Å². The number of amidine groups is 1. The summed E-state index contributed by atoms with van der Waals surface area (Å²) < 4.78 is 33.6. The average molecular weight is 357 g/mol. The van der Waals surface area contributed by atoms with Crippen LogP contribution in [0.5, 0.6) is 5.75 Å². The van der Waals surface area contributed by atoms with Gasteiger partial charge in [0.15, 0.2) is 17.4 Å². The summed E-state index contributed by atoms with van der Waals surface area (Å²) in [7, 11) is 0. The van der Waals surface area contributed by atoms with Crippen molar-refractivity contribution < 1.29 is 18.7 Å². The maximum atomic E-state index is 14.1. The molecule has 0 atom stereocenters. The van der Waals surface area contributed by atoms with E-state index in [0.29, 0.717) is 4.47 Å². The molecule has 21 heavy (non-hydrogen) atoms. The molecular weight excluding hydrogens is 346 g/mol. The van der Waals surface area contributed by atoms with Gasteiger partial charge in [0.1, 0.15) is 12.4 Å². The molecule has 0 heterocycles. The van der Waals surface area contributed by atoms with Gasteiger partial charge in [0.2, 0.25) is 0 Å². The lowest BCUT2D eigenvalue weighted by Gasteiger charge is -2.10. The van der Waals surface area contributed by atoms with Gasteiger partial charge in [-0.2, -0.15) is 0 Å². The van der Waals surface area contributed by atoms with Gasteiger partial charge < -0.3 is 15.7 Å². The molecule has 7 heteroatoms. The molecule has 0 aliphatic heterocycles. The number of oxime groups is 1. The van der Waals surface area contributed by atoms with E-state index in [4.69, 9.17) is 15.7 Å². The average Bonchev–Trinajstić information content (AvgIpc) is 2.48. The maximum Gasteiger partial charge on any atom is 0.173 e. The van der Waals surface area contributed by atoms with Crippen molar-refractivity contribution in [3.63, 3.8) is 0 Å². The zero-order valence-electron chi connectivity index (χ0n) is 10.7. The summed E-state index contributed by atoms with van der Waals surface area (Å²) in [4.78, 5) is 0. The fourth-order valence-electron chi connectivity index (χ4n) is 1.69. The number of ether oxygens (including phenoxy) is 1. The minimum absolute atomic E-state index is 0.00187. The van der Waals surface area contributed by atoms with Crippen LogP contribution in [0.3, 0.4) is 0 Å². The quantitative estimate of drug-likeness (QED) is 0.381. The summed E-state index contributed by atoms with van der Waals surface area (Å²) in [5.41, 5.74) is 5.49. The molecule has 0 amide bonds. The van der Waals surface area contributed by atoms with Gasteiger partial charge in [-0.15, -0.1) is 0 Å². The Balaban J connectivity index is 2.23. The Bertz CT molecular complexity index is 693. The zero-order chi connectivity index (χ0) is 15.4. The Hall–Kier alpha value is -2.15. The van der Waals surface area contributed by atoms with Crippen molar-refractivity contribution in [3.05, 3.63) is 63.6 Å². The van der Waals surface area contributed by atoms with E-state index >= 15 is 0 Å². The lowest BCUT2D eigenvalue weighted by Crippen LogP contribution is -2.16. The fourth-order valence-corrected chi connectivity index (χ4v) is 2.03. The molecule has 2 aromatic rings. The Labute approximate surface area is 128 Å². The summed E-state index contributed by atoms with van der Waals surface area (Å²) in [5, 5.41) is 11.3.